The van der Waals surface area contributed by atoms with Gasteiger partial charge in [0.15, 0.2) is 0 Å². The maximum Gasteiger partial charge on any atom is 0.243 e. The summed E-state index contributed by atoms with van der Waals surface area (Å²) >= 11 is 0. The highest BCUT2D eigenvalue weighted by Crippen LogP contribution is 2.22. The summed E-state index contributed by atoms with van der Waals surface area (Å²) < 4.78 is 39.8. The highest BCUT2D eigenvalue weighted by molar-refractivity contribution is 7.89. The molecule has 8 heteroatoms. The molecule has 2 aliphatic rings. The molecule has 0 N–H and O–H groups in total. The van der Waals surface area contributed by atoms with Gasteiger partial charge >= 0.3 is 0 Å². The van der Waals surface area contributed by atoms with E-state index in [1.807, 2.05) is 17.0 Å². The molecule has 0 saturated carbocycles. The molecule has 4 rings (SSSR count). The van der Waals surface area contributed by atoms with E-state index in [0.717, 1.165) is 37.2 Å². The number of aryl methyl sites for hydroxylation is 1. The van der Waals surface area contributed by atoms with Gasteiger partial charge < -0.3 is 9.80 Å². The number of benzene rings is 2. The van der Waals surface area contributed by atoms with Crippen LogP contribution in [0.1, 0.15) is 24.8 Å². The van der Waals surface area contributed by atoms with Gasteiger partial charge in [-0.3, -0.25) is 4.79 Å². The Hall–Kier alpha value is -2.45. The minimum atomic E-state index is -3.40. The first kappa shape index (κ1) is 21.8. The van der Waals surface area contributed by atoms with Gasteiger partial charge in [0, 0.05) is 51.4 Å². The van der Waals surface area contributed by atoms with Crippen LogP contribution in [0.2, 0.25) is 0 Å². The molecule has 2 fully saturated rings. The molecule has 0 spiro atoms. The van der Waals surface area contributed by atoms with Gasteiger partial charge in [-0.05, 0) is 61.2 Å². The molecule has 0 radical (unpaired) electrons. The number of carbonyl (C=O) groups is 1. The fraction of sp³-hybridized carbons (Fsp3) is 0.435. The number of sulfonamides is 1. The Morgan fingerprint density at radius 3 is 2.06 bits per heavy atom. The number of hydrogen-bond donors (Lipinski definition) is 0. The zero-order valence-electron chi connectivity index (χ0n) is 17.5. The summed E-state index contributed by atoms with van der Waals surface area (Å²) in [6.45, 7) is 3.91. The van der Waals surface area contributed by atoms with Crippen LogP contribution in [0.3, 0.4) is 0 Å². The number of anilines is 1. The minimum absolute atomic E-state index is 0.104. The van der Waals surface area contributed by atoms with Gasteiger partial charge in [-0.15, -0.1) is 0 Å². The third-order valence-corrected chi connectivity index (χ3v) is 7.99. The molecule has 1 amide bonds. The Morgan fingerprint density at radius 1 is 0.839 bits per heavy atom. The van der Waals surface area contributed by atoms with Crippen LogP contribution in [0.5, 0.6) is 0 Å². The maximum atomic E-state index is 13.1. The maximum absolute atomic E-state index is 13.1. The van der Waals surface area contributed by atoms with Gasteiger partial charge in [-0.25, -0.2) is 12.8 Å². The van der Waals surface area contributed by atoms with Gasteiger partial charge in [-0.2, -0.15) is 4.31 Å². The molecule has 0 aromatic heterocycles. The van der Waals surface area contributed by atoms with Crippen molar-refractivity contribution in [3.05, 3.63) is 59.9 Å². The van der Waals surface area contributed by atoms with Crippen LogP contribution in [-0.4, -0.2) is 62.8 Å². The van der Waals surface area contributed by atoms with Crippen LogP contribution in [0.4, 0.5) is 10.1 Å². The zero-order chi connectivity index (χ0) is 21.8. The normalized spacial score (nSPS) is 17.8. The van der Waals surface area contributed by atoms with Crippen LogP contribution in [0.25, 0.3) is 0 Å². The van der Waals surface area contributed by atoms with Gasteiger partial charge in [0.2, 0.25) is 15.9 Å². The standard InChI is InChI=1S/C23H28FN3O3S/c24-20-6-8-21(9-7-20)25-15-17-26(18-16-25)23(28)12-5-19-3-10-22(11-4-19)31(29,30)27-13-1-2-14-27/h3-4,6-11H,1-2,5,12-18H2. The Bertz CT molecular complexity index is 995. The SMILES string of the molecule is O=C(CCc1ccc(S(=O)(=O)N2CCCC2)cc1)N1CCN(c2ccc(F)cc2)CC1. The van der Waals surface area contributed by atoms with Crippen molar-refractivity contribution in [2.75, 3.05) is 44.2 Å². The molecule has 2 heterocycles. The second-order valence-corrected chi connectivity index (χ2v) is 10.0. The van der Waals surface area contributed by atoms with E-state index < -0.39 is 10.0 Å². The van der Waals surface area contributed by atoms with Crippen LogP contribution in [-0.2, 0) is 21.2 Å². The minimum Gasteiger partial charge on any atom is -0.368 e. The van der Waals surface area contributed by atoms with Crippen LogP contribution < -0.4 is 4.90 Å². The van der Waals surface area contributed by atoms with Crippen molar-refractivity contribution in [2.45, 2.75) is 30.6 Å². The summed E-state index contributed by atoms with van der Waals surface area (Å²) in [5, 5.41) is 0. The lowest BCUT2D eigenvalue weighted by Gasteiger charge is -2.36. The number of piperazine rings is 1. The van der Waals surface area contributed by atoms with Crippen molar-refractivity contribution in [3.63, 3.8) is 0 Å². The van der Waals surface area contributed by atoms with Crippen LogP contribution >= 0.6 is 0 Å². The highest BCUT2D eigenvalue weighted by Gasteiger charge is 2.27. The monoisotopic (exact) mass is 445 g/mol. The Morgan fingerprint density at radius 2 is 1.45 bits per heavy atom. The van der Waals surface area contributed by atoms with E-state index in [1.165, 1.54) is 16.4 Å². The number of rotatable bonds is 6. The summed E-state index contributed by atoms with van der Waals surface area (Å²) in [7, 11) is -3.40. The molecule has 6 nitrogen and oxygen atoms in total. The number of halogens is 1. The molecule has 2 aromatic carbocycles. The van der Waals surface area contributed by atoms with Gasteiger partial charge in [0.1, 0.15) is 5.82 Å². The lowest BCUT2D eigenvalue weighted by Crippen LogP contribution is -2.48. The predicted molar refractivity (Wildman–Crippen MR) is 118 cm³/mol. The van der Waals surface area contributed by atoms with Crippen molar-refractivity contribution in [1.29, 1.82) is 0 Å². The van der Waals surface area contributed by atoms with Gasteiger partial charge in [0.25, 0.3) is 0 Å². The Kier molecular flexibility index (Phi) is 6.57. The largest absolute Gasteiger partial charge is 0.368 e. The first-order valence-corrected chi connectivity index (χ1v) is 12.2. The number of hydrogen-bond acceptors (Lipinski definition) is 4. The van der Waals surface area contributed by atoms with Gasteiger partial charge in [0.05, 0.1) is 4.90 Å². The second-order valence-electron chi connectivity index (χ2n) is 8.10. The lowest BCUT2D eigenvalue weighted by atomic mass is 10.1. The van der Waals surface area contributed by atoms with E-state index in [9.17, 15) is 17.6 Å². The Balaban J connectivity index is 1.27. The molecule has 0 aliphatic carbocycles. The zero-order valence-corrected chi connectivity index (χ0v) is 18.4. The summed E-state index contributed by atoms with van der Waals surface area (Å²) in [5.41, 5.74) is 1.93. The summed E-state index contributed by atoms with van der Waals surface area (Å²) in [6.07, 6.45) is 2.81. The molecular weight excluding hydrogens is 417 g/mol. The molecule has 2 saturated heterocycles. The van der Waals surface area contributed by atoms with Gasteiger partial charge in [-0.1, -0.05) is 12.1 Å². The predicted octanol–water partition coefficient (Wildman–Crippen LogP) is 2.89. The average Bonchev–Trinajstić information content (AvgIpc) is 3.34. The van der Waals surface area contributed by atoms with Crippen LogP contribution in [0.15, 0.2) is 53.4 Å². The smallest absolute Gasteiger partial charge is 0.243 e. The number of nitrogens with zero attached hydrogens (tertiary/aromatic N) is 3. The third kappa shape index (κ3) is 5.07. The molecule has 0 unspecified atom stereocenters. The first-order chi connectivity index (χ1) is 14.9. The molecule has 2 aromatic rings. The molecule has 31 heavy (non-hydrogen) atoms. The summed E-state index contributed by atoms with van der Waals surface area (Å²) in [4.78, 5) is 17.0. The van der Waals surface area contributed by atoms with E-state index in [0.29, 0.717) is 43.9 Å². The fourth-order valence-electron chi connectivity index (χ4n) is 4.18. The highest BCUT2D eigenvalue weighted by atomic mass is 32.2. The third-order valence-electron chi connectivity index (χ3n) is 6.08. The van der Waals surface area contributed by atoms with Crippen molar-refractivity contribution >= 4 is 21.6 Å². The van der Waals surface area contributed by atoms with E-state index >= 15 is 0 Å². The van der Waals surface area contributed by atoms with E-state index in [4.69, 9.17) is 0 Å². The molecule has 2 aliphatic heterocycles. The Labute approximate surface area is 183 Å². The van der Waals surface area contributed by atoms with Crippen molar-refractivity contribution < 1.29 is 17.6 Å². The molecule has 0 bridgehead atoms. The van der Waals surface area contributed by atoms with Crippen LogP contribution in [0, 0.1) is 5.82 Å². The number of carbonyl (C=O) groups excluding carboxylic acids is 1. The van der Waals surface area contributed by atoms with Crippen molar-refractivity contribution in [1.82, 2.24) is 9.21 Å². The lowest BCUT2D eigenvalue weighted by molar-refractivity contribution is -0.131. The van der Waals surface area contributed by atoms with E-state index in [1.54, 1.807) is 24.3 Å². The topological polar surface area (TPSA) is 60.9 Å². The van der Waals surface area contributed by atoms with E-state index in [-0.39, 0.29) is 11.7 Å². The van der Waals surface area contributed by atoms with Crippen molar-refractivity contribution in [2.24, 2.45) is 0 Å². The summed E-state index contributed by atoms with van der Waals surface area (Å²) in [6, 6.07) is 13.3. The van der Waals surface area contributed by atoms with E-state index in [2.05, 4.69) is 4.90 Å². The summed E-state index contributed by atoms with van der Waals surface area (Å²) in [5.74, 6) is -0.147. The average molecular weight is 446 g/mol. The molecular formula is C23H28FN3O3S. The quantitative estimate of drug-likeness (QED) is 0.686. The first-order valence-electron chi connectivity index (χ1n) is 10.8. The second kappa shape index (κ2) is 9.36. The number of amides is 1. The molecule has 166 valence electrons. The fourth-order valence-corrected chi connectivity index (χ4v) is 5.70. The molecule has 0 atom stereocenters. The van der Waals surface area contributed by atoms with Crippen molar-refractivity contribution in [3.8, 4) is 0 Å².